The molecule has 2 atom stereocenters. The Bertz CT molecular complexity index is 289. The molecule has 0 amide bonds. The predicted molar refractivity (Wildman–Crippen MR) is 71.2 cm³/mol. The average molecular weight is 255 g/mol. The fourth-order valence-electron chi connectivity index (χ4n) is 2.43. The van der Waals surface area contributed by atoms with Crippen LogP contribution in [-0.2, 0) is 9.53 Å². The van der Waals surface area contributed by atoms with Crippen molar-refractivity contribution in [1.82, 2.24) is 5.32 Å². The average Bonchev–Trinajstić information content (AvgIpc) is 2.38. The van der Waals surface area contributed by atoms with Crippen LogP contribution in [0.3, 0.4) is 0 Å². The number of aliphatic hydroxyl groups is 1. The standard InChI is InChI=1S/C14H25NO3/c1-3-12(14(17)18-2)7-8-15-10-11-5-4-6-13(16)9-11/h7,11,13,15-16H,3-6,8-10H2,1-2H3. The van der Waals surface area contributed by atoms with Crippen molar-refractivity contribution < 1.29 is 14.6 Å². The van der Waals surface area contributed by atoms with E-state index in [2.05, 4.69) is 5.32 Å². The van der Waals surface area contributed by atoms with E-state index >= 15 is 0 Å². The summed E-state index contributed by atoms with van der Waals surface area (Å²) in [5.41, 5.74) is 0.716. The SMILES string of the molecule is CCC(=CCNCC1CCCC(O)C1)C(=O)OC. The lowest BCUT2D eigenvalue weighted by atomic mass is 9.87. The van der Waals surface area contributed by atoms with Crippen molar-refractivity contribution in [2.75, 3.05) is 20.2 Å². The molecule has 2 N–H and O–H groups in total. The van der Waals surface area contributed by atoms with Gasteiger partial charge in [-0.15, -0.1) is 0 Å². The quantitative estimate of drug-likeness (QED) is 0.430. The van der Waals surface area contributed by atoms with Crippen molar-refractivity contribution in [2.45, 2.75) is 45.1 Å². The van der Waals surface area contributed by atoms with Crippen LogP contribution in [0.1, 0.15) is 39.0 Å². The Morgan fingerprint density at radius 1 is 1.50 bits per heavy atom. The number of methoxy groups -OCH3 is 1. The van der Waals surface area contributed by atoms with Gasteiger partial charge in [-0.2, -0.15) is 0 Å². The molecular formula is C14H25NO3. The summed E-state index contributed by atoms with van der Waals surface area (Å²) in [5.74, 6) is 0.317. The highest BCUT2D eigenvalue weighted by molar-refractivity contribution is 5.88. The van der Waals surface area contributed by atoms with Gasteiger partial charge in [-0.25, -0.2) is 4.79 Å². The smallest absolute Gasteiger partial charge is 0.333 e. The molecule has 0 radical (unpaired) electrons. The van der Waals surface area contributed by atoms with Gasteiger partial charge in [0.2, 0.25) is 0 Å². The lowest BCUT2D eigenvalue weighted by molar-refractivity contribution is -0.136. The van der Waals surface area contributed by atoms with E-state index in [1.807, 2.05) is 13.0 Å². The van der Waals surface area contributed by atoms with Gasteiger partial charge in [0.15, 0.2) is 0 Å². The van der Waals surface area contributed by atoms with Gasteiger partial charge in [0, 0.05) is 12.1 Å². The van der Waals surface area contributed by atoms with Crippen LogP contribution in [0, 0.1) is 5.92 Å². The third-order valence-electron chi connectivity index (χ3n) is 3.51. The summed E-state index contributed by atoms with van der Waals surface area (Å²) in [7, 11) is 1.41. The first-order chi connectivity index (χ1) is 8.67. The van der Waals surface area contributed by atoms with Gasteiger partial charge in [0.05, 0.1) is 13.2 Å². The Labute approximate surface area is 109 Å². The van der Waals surface area contributed by atoms with Gasteiger partial charge in [0.25, 0.3) is 0 Å². The minimum atomic E-state index is -0.243. The summed E-state index contributed by atoms with van der Waals surface area (Å²) in [6.07, 6.45) is 6.61. The summed E-state index contributed by atoms with van der Waals surface area (Å²) in [6, 6.07) is 0. The Morgan fingerprint density at radius 2 is 2.28 bits per heavy atom. The molecule has 0 aromatic carbocycles. The second-order valence-electron chi connectivity index (χ2n) is 4.92. The molecule has 0 aromatic heterocycles. The summed E-state index contributed by atoms with van der Waals surface area (Å²) in [5, 5.41) is 12.9. The monoisotopic (exact) mass is 255 g/mol. The number of rotatable bonds is 6. The van der Waals surface area contributed by atoms with Crippen molar-refractivity contribution >= 4 is 5.97 Å². The highest BCUT2D eigenvalue weighted by Crippen LogP contribution is 2.23. The summed E-state index contributed by atoms with van der Waals surface area (Å²) in [4.78, 5) is 11.3. The van der Waals surface area contributed by atoms with E-state index in [-0.39, 0.29) is 12.1 Å². The Hall–Kier alpha value is -0.870. The third kappa shape index (κ3) is 5.19. The fourth-order valence-corrected chi connectivity index (χ4v) is 2.43. The van der Waals surface area contributed by atoms with Gasteiger partial charge in [-0.1, -0.05) is 19.4 Å². The van der Waals surface area contributed by atoms with Crippen molar-refractivity contribution in [1.29, 1.82) is 0 Å². The minimum Gasteiger partial charge on any atom is -0.466 e. The molecule has 0 aromatic rings. The Balaban J connectivity index is 2.24. The second kappa shape index (κ2) is 8.27. The number of nitrogens with one attached hydrogen (secondary N) is 1. The minimum absolute atomic E-state index is 0.123. The van der Waals surface area contributed by atoms with Crippen LogP contribution in [-0.4, -0.2) is 37.4 Å². The molecular weight excluding hydrogens is 230 g/mol. The largest absolute Gasteiger partial charge is 0.466 e. The second-order valence-corrected chi connectivity index (χ2v) is 4.92. The molecule has 104 valence electrons. The maximum absolute atomic E-state index is 11.3. The Kier molecular flexibility index (Phi) is 6.98. The van der Waals surface area contributed by atoms with Crippen LogP contribution in [0.4, 0.5) is 0 Å². The zero-order chi connectivity index (χ0) is 13.4. The third-order valence-corrected chi connectivity index (χ3v) is 3.51. The number of hydrogen-bond donors (Lipinski definition) is 2. The van der Waals surface area contributed by atoms with Crippen LogP contribution in [0.25, 0.3) is 0 Å². The first-order valence-corrected chi connectivity index (χ1v) is 6.83. The fraction of sp³-hybridized carbons (Fsp3) is 0.786. The van der Waals surface area contributed by atoms with Crippen LogP contribution in [0.15, 0.2) is 11.6 Å². The number of esters is 1. The summed E-state index contributed by atoms with van der Waals surface area (Å²) >= 11 is 0. The normalized spacial score (nSPS) is 24.9. The molecule has 1 rings (SSSR count). The van der Waals surface area contributed by atoms with E-state index < -0.39 is 0 Å². The van der Waals surface area contributed by atoms with Gasteiger partial charge >= 0.3 is 5.97 Å². The first kappa shape index (κ1) is 15.2. The summed E-state index contributed by atoms with van der Waals surface area (Å²) < 4.78 is 4.70. The van der Waals surface area contributed by atoms with Crippen LogP contribution in [0.5, 0.6) is 0 Å². The van der Waals surface area contributed by atoms with Gasteiger partial charge in [0.1, 0.15) is 0 Å². The van der Waals surface area contributed by atoms with Crippen LogP contribution >= 0.6 is 0 Å². The molecule has 2 unspecified atom stereocenters. The van der Waals surface area contributed by atoms with Gasteiger partial charge in [-0.05, 0) is 38.1 Å². The molecule has 4 nitrogen and oxygen atoms in total. The Morgan fingerprint density at radius 3 is 2.89 bits per heavy atom. The maximum Gasteiger partial charge on any atom is 0.333 e. The topological polar surface area (TPSA) is 58.6 Å². The van der Waals surface area contributed by atoms with Crippen molar-refractivity contribution in [3.05, 3.63) is 11.6 Å². The van der Waals surface area contributed by atoms with Crippen molar-refractivity contribution in [3.63, 3.8) is 0 Å². The van der Waals surface area contributed by atoms with E-state index in [0.717, 1.165) is 25.8 Å². The molecule has 1 saturated carbocycles. The molecule has 1 fully saturated rings. The van der Waals surface area contributed by atoms with E-state index in [1.165, 1.54) is 13.5 Å². The number of carbonyl (C=O) groups is 1. The van der Waals surface area contributed by atoms with Crippen molar-refractivity contribution in [2.24, 2.45) is 5.92 Å². The van der Waals surface area contributed by atoms with Gasteiger partial charge in [-0.3, -0.25) is 0 Å². The number of carbonyl (C=O) groups excluding carboxylic acids is 1. The molecule has 1 aliphatic rings. The number of ether oxygens (including phenoxy) is 1. The van der Waals surface area contributed by atoms with E-state index in [4.69, 9.17) is 4.74 Å². The zero-order valence-electron chi connectivity index (χ0n) is 11.4. The highest BCUT2D eigenvalue weighted by atomic mass is 16.5. The molecule has 0 bridgehead atoms. The molecule has 0 spiro atoms. The summed E-state index contributed by atoms with van der Waals surface area (Å²) in [6.45, 7) is 3.54. The first-order valence-electron chi connectivity index (χ1n) is 6.83. The van der Waals surface area contributed by atoms with Crippen LogP contribution in [0.2, 0.25) is 0 Å². The van der Waals surface area contributed by atoms with E-state index in [1.54, 1.807) is 0 Å². The van der Waals surface area contributed by atoms with E-state index in [0.29, 0.717) is 24.5 Å². The van der Waals surface area contributed by atoms with Crippen LogP contribution < -0.4 is 5.32 Å². The van der Waals surface area contributed by atoms with Gasteiger partial charge < -0.3 is 15.2 Å². The molecule has 0 aliphatic heterocycles. The molecule has 1 aliphatic carbocycles. The van der Waals surface area contributed by atoms with E-state index in [9.17, 15) is 9.90 Å². The number of aliphatic hydroxyl groups excluding tert-OH is 1. The molecule has 0 saturated heterocycles. The number of hydrogen-bond acceptors (Lipinski definition) is 4. The zero-order valence-corrected chi connectivity index (χ0v) is 11.4. The lowest BCUT2D eigenvalue weighted by Crippen LogP contribution is -2.29. The maximum atomic E-state index is 11.3. The molecule has 18 heavy (non-hydrogen) atoms. The highest BCUT2D eigenvalue weighted by Gasteiger charge is 2.19. The van der Waals surface area contributed by atoms with Crippen molar-refractivity contribution in [3.8, 4) is 0 Å². The predicted octanol–water partition coefficient (Wildman–Crippen LogP) is 1.64. The molecule has 4 heteroatoms. The lowest BCUT2D eigenvalue weighted by Gasteiger charge is -2.25. The molecule has 0 heterocycles.